The Kier molecular flexibility index (Phi) is 8.91. The standard InChI is InChI=1S/C3H7O2.V/c1-3(5)2-4;/h3-5H,1-2H2;/q-1;. The summed E-state index contributed by atoms with van der Waals surface area (Å²) < 4.78 is 0. The molecule has 37 valence electrons. The smallest absolute Gasteiger partial charge is 0.0408 e. The summed E-state index contributed by atoms with van der Waals surface area (Å²) in [7, 11) is 0. The van der Waals surface area contributed by atoms with Crippen molar-refractivity contribution in [2.75, 3.05) is 6.61 Å². The zero-order valence-electron chi connectivity index (χ0n) is 3.33. The van der Waals surface area contributed by atoms with E-state index in [1.54, 1.807) is 0 Å². The van der Waals surface area contributed by atoms with Crippen molar-refractivity contribution < 1.29 is 28.8 Å². The van der Waals surface area contributed by atoms with Gasteiger partial charge in [0.1, 0.15) is 0 Å². The van der Waals surface area contributed by atoms with Crippen LogP contribution in [0, 0.1) is 6.92 Å². The van der Waals surface area contributed by atoms with Crippen LogP contribution in [0.4, 0.5) is 0 Å². The van der Waals surface area contributed by atoms with Gasteiger partial charge in [-0.25, -0.2) is 0 Å². The Morgan fingerprint density at radius 2 is 1.83 bits per heavy atom. The third kappa shape index (κ3) is 8.82. The second-order valence-corrected chi connectivity index (χ2v) is 0.836. The molecule has 2 nitrogen and oxygen atoms in total. The van der Waals surface area contributed by atoms with Gasteiger partial charge in [0.25, 0.3) is 0 Å². The van der Waals surface area contributed by atoms with Gasteiger partial charge < -0.3 is 17.1 Å². The van der Waals surface area contributed by atoms with Gasteiger partial charge in [0.2, 0.25) is 0 Å². The van der Waals surface area contributed by atoms with Gasteiger partial charge in [-0.15, -0.1) is 0 Å². The van der Waals surface area contributed by atoms with Crippen molar-refractivity contribution in [3.8, 4) is 0 Å². The molecule has 0 saturated heterocycles. The maximum Gasteiger partial charge on any atom is 0.0408 e. The first-order chi connectivity index (χ1) is 2.27. The summed E-state index contributed by atoms with van der Waals surface area (Å²) in [6, 6.07) is 0. The average Bonchev–Trinajstić information content (AvgIpc) is 1.38. The van der Waals surface area contributed by atoms with Crippen LogP contribution in [0.15, 0.2) is 0 Å². The fourth-order valence-corrected chi connectivity index (χ4v) is 0. The third-order valence-corrected chi connectivity index (χ3v) is 0.211. The van der Waals surface area contributed by atoms with Crippen LogP contribution < -0.4 is 0 Å². The largest absolute Gasteiger partial charge is 0.423 e. The van der Waals surface area contributed by atoms with Gasteiger partial charge in [0.05, 0.1) is 0 Å². The summed E-state index contributed by atoms with van der Waals surface area (Å²) in [5.74, 6) is 0. The summed E-state index contributed by atoms with van der Waals surface area (Å²) in [5.41, 5.74) is 0. The minimum atomic E-state index is -0.810. The van der Waals surface area contributed by atoms with E-state index in [2.05, 4.69) is 6.92 Å². The van der Waals surface area contributed by atoms with Gasteiger partial charge in [-0.2, -0.15) is 0 Å². The topological polar surface area (TPSA) is 40.5 Å². The zero-order chi connectivity index (χ0) is 4.28. The van der Waals surface area contributed by atoms with Gasteiger partial charge >= 0.3 is 0 Å². The van der Waals surface area contributed by atoms with E-state index in [-0.39, 0.29) is 25.2 Å². The predicted octanol–water partition coefficient (Wildman–Crippen LogP) is -0.829. The van der Waals surface area contributed by atoms with Crippen molar-refractivity contribution in [1.82, 2.24) is 0 Å². The number of aliphatic hydroxyl groups is 2. The van der Waals surface area contributed by atoms with Crippen molar-refractivity contribution in [1.29, 1.82) is 0 Å². The van der Waals surface area contributed by atoms with E-state index in [0.29, 0.717) is 0 Å². The van der Waals surface area contributed by atoms with Gasteiger partial charge in [-0.05, 0) is 6.10 Å². The Morgan fingerprint density at radius 3 is 1.83 bits per heavy atom. The van der Waals surface area contributed by atoms with Gasteiger partial charge in [-0.3, -0.25) is 0 Å². The number of rotatable bonds is 1. The molecule has 0 rings (SSSR count). The van der Waals surface area contributed by atoms with Crippen LogP contribution in [0.25, 0.3) is 0 Å². The molecule has 0 fully saturated rings. The average molecular weight is 126 g/mol. The van der Waals surface area contributed by atoms with E-state index in [9.17, 15) is 0 Å². The van der Waals surface area contributed by atoms with E-state index in [1.165, 1.54) is 0 Å². The Balaban J connectivity index is 0. The van der Waals surface area contributed by atoms with Crippen LogP contribution in [-0.4, -0.2) is 22.9 Å². The molecule has 0 aromatic heterocycles. The van der Waals surface area contributed by atoms with Crippen LogP contribution >= 0.6 is 0 Å². The van der Waals surface area contributed by atoms with Crippen LogP contribution in [-0.2, 0) is 18.6 Å². The molecule has 2 N–H and O–H groups in total. The zero-order valence-corrected chi connectivity index (χ0v) is 4.73. The first kappa shape index (κ1) is 9.71. The van der Waals surface area contributed by atoms with Crippen molar-refractivity contribution >= 4 is 0 Å². The number of aliphatic hydroxyl groups excluding tert-OH is 2. The second kappa shape index (κ2) is 5.50. The summed E-state index contributed by atoms with van der Waals surface area (Å²) >= 11 is 0. The SMILES string of the molecule is [CH2-]C(O)CO.[V]. The van der Waals surface area contributed by atoms with Gasteiger partial charge in [-0.1, -0.05) is 0 Å². The predicted molar refractivity (Wildman–Crippen MR) is 18.4 cm³/mol. The number of hydrogen-bond donors (Lipinski definition) is 2. The first-order valence-electron chi connectivity index (χ1n) is 1.39. The Hall–Kier alpha value is 0.504. The molecule has 6 heavy (non-hydrogen) atoms. The third-order valence-electron chi connectivity index (χ3n) is 0.211. The summed E-state index contributed by atoms with van der Waals surface area (Å²) in [6.45, 7) is 2.81. The molecule has 1 radical (unpaired) electrons. The molecule has 0 spiro atoms. The summed E-state index contributed by atoms with van der Waals surface area (Å²) in [5, 5.41) is 15.8. The van der Waals surface area contributed by atoms with E-state index in [4.69, 9.17) is 10.2 Å². The van der Waals surface area contributed by atoms with Crippen molar-refractivity contribution in [3.63, 3.8) is 0 Å². The normalized spacial score (nSPS) is 12.5. The molecule has 0 amide bonds. The van der Waals surface area contributed by atoms with Crippen LogP contribution in [0.2, 0.25) is 0 Å². The minimum absolute atomic E-state index is 0. The van der Waals surface area contributed by atoms with Gasteiger partial charge in [0, 0.05) is 25.2 Å². The summed E-state index contributed by atoms with van der Waals surface area (Å²) in [4.78, 5) is 0. The second-order valence-electron chi connectivity index (χ2n) is 0.836. The molecule has 0 aliphatic heterocycles. The molecule has 0 aromatic carbocycles. The molecule has 0 aromatic rings. The quantitative estimate of drug-likeness (QED) is 0.450. The monoisotopic (exact) mass is 126 g/mol. The number of hydrogen-bond acceptors (Lipinski definition) is 2. The Bertz CT molecular complexity index is 22.8. The Morgan fingerprint density at radius 1 is 1.67 bits per heavy atom. The maximum absolute atomic E-state index is 8.00. The van der Waals surface area contributed by atoms with E-state index in [1.807, 2.05) is 0 Å². The molecular weight excluding hydrogens is 119 g/mol. The molecule has 3 heteroatoms. The molecule has 0 aliphatic carbocycles. The van der Waals surface area contributed by atoms with Gasteiger partial charge in [0.15, 0.2) is 0 Å². The van der Waals surface area contributed by atoms with E-state index in [0.717, 1.165) is 0 Å². The molecule has 0 heterocycles. The van der Waals surface area contributed by atoms with Crippen molar-refractivity contribution in [2.24, 2.45) is 0 Å². The molecule has 0 aliphatic rings. The molecule has 0 bridgehead atoms. The fourth-order valence-electron chi connectivity index (χ4n) is 0. The van der Waals surface area contributed by atoms with E-state index < -0.39 is 6.10 Å². The minimum Gasteiger partial charge on any atom is -0.423 e. The van der Waals surface area contributed by atoms with Crippen LogP contribution in [0.5, 0.6) is 0 Å². The summed E-state index contributed by atoms with van der Waals surface area (Å²) in [6.07, 6.45) is -0.810. The Labute approximate surface area is 49.1 Å². The first-order valence-corrected chi connectivity index (χ1v) is 1.39. The van der Waals surface area contributed by atoms with E-state index >= 15 is 0 Å². The van der Waals surface area contributed by atoms with Crippen LogP contribution in [0.3, 0.4) is 0 Å². The molecule has 0 saturated carbocycles. The molecule has 1 atom stereocenters. The van der Waals surface area contributed by atoms with Crippen molar-refractivity contribution in [3.05, 3.63) is 6.92 Å². The molecular formula is C3H7O2V-. The van der Waals surface area contributed by atoms with Crippen molar-refractivity contribution in [2.45, 2.75) is 6.10 Å². The fraction of sp³-hybridized carbons (Fsp3) is 0.667. The van der Waals surface area contributed by atoms with Crippen LogP contribution in [0.1, 0.15) is 0 Å². The molecule has 1 unspecified atom stereocenters. The maximum atomic E-state index is 8.00.